The number of anilines is 2. The molecular formula is C26H25N5O3S. The summed E-state index contributed by atoms with van der Waals surface area (Å²) in [6.45, 7) is 2.80. The quantitative estimate of drug-likeness (QED) is 0.363. The van der Waals surface area contributed by atoms with Crippen molar-refractivity contribution in [3.05, 3.63) is 84.9 Å². The second kappa shape index (κ2) is 11.1. The first-order chi connectivity index (χ1) is 17.3. The fourth-order valence-electron chi connectivity index (χ4n) is 3.72. The minimum Gasteiger partial charge on any atom is -0.457 e. The molecule has 0 radical (unpaired) electrons. The van der Waals surface area contributed by atoms with E-state index in [-0.39, 0.29) is 11.7 Å². The maximum absolute atomic E-state index is 12.8. The lowest BCUT2D eigenvalue weighted by atomic mass is 10.3. The van der Waals surface area contributed by atoms with Crippen LogP contribution in [0.1, 0.15) is 0 Å². The molecule has 3 aromatic carbocycles. The molecule has 1 aliphatic rings. The lowest BCUT2D eigenvalue weighted by Gasteiger charge is -2.27. The van der Waals surface area contributed by atoms with E-state index in [2.05, 4.69) is 20.4 Å². The average Bonchev–Trinajstić information content (AvgIpc) is 3.33. The van der Waals surface area contributed by atoms with Crippen molar-refractivity contribution in [2.75, 3.05) is 42.3 Å². The van der Waals surface area contributed by atoms with Gasteiger partial charge in [0, 0.05) is 24.8 Å². The van der Waals surface area contributed by atoms with Crippen LogP contribution in [0.15, 0.2) is 90.1 Å². The standard InChI is InChI=1S/C26H25N5O3S/c32-24(27-20-8-7-13-23(18-20)34-22-11-5-2-6-12-22)19-35-26-29-28-25(30-14-16-33-17-15-30)31(26)21-9-3-1-4-10-21/h1-13,18H,14-17,19H2,(H,27,32). The number of rotatable bonds is 8. The maximum Gasteiger partial charge on any atom is 0.234 e. The number of nitrogens with zero attached hydrogens (tertiary/aromatic N) is 4. The first-order valence-electron chi connectivity index (χ1n) is 11.4. The predicted octanol–water partition coefficient (Wildman–Crippen LogP) is 4.63. The van der Waals surface area contributed by atoms with Crippen molar-refractivity contribution in [3.8, 4) is 17.2 Å². The highest BCUT2D eigenvalue weighted by molar-refractivity contribution is 7.99. The molecule has 1 N–H and O–H groups in total. The van der Waals surface area contributed by atoms with Crippen LogP contribution in [0, 0.1) is 0 Å². The molecule has 178 valence electrons. The van der Waals surface area contributed by atoms with Crippen molar-refractivity contribution in [1.29, 1.82) is 0 Å². The first-order valence-corrected chi connectivity index (χ1v) is 12.3. The van der Waals surface area contributed by atoms with Crippen LogP contribution in [-0.4, -0.2) is 52.7 Å². The van der Waals surface area contributed by atoms with Gasteiger partial charge in [0.15, 0.2) is 5.16 Å². The molecule has 4 aromatic rings. The fourth-order valence-corrected chi connectivity index (χ4v) is 4.46. The van der Waals surface area contributed by atoms with Gasteiger partial charge in [-0.3, -0.25) is 9.36 Å². The van der Waals surface area contributed by atoms with E-state index >= 15 is 0 Å². The van der Waals surface area contributed by atoms with E-state index in [0.717, 1.165) is 30.5 Å². The van der Waals surface area contributed by atoms with E-state index in [1.165, 1.54) is 11.8 Å². The summed E-state index contributed by atoms with van der Waals surface area (Å²) >= 11 is 1.35. The summed E-state index contributed by atoms with van der Waals surface area (Å²) in [7, 11) is 0. The molecule has 0 spiro atoms. The van der Waals surface area contributed by atoms with Gasteiger partial charge in [-0.2, -0.15) is 0 Å². The van der Waals surface area contributed by atoms with Crippen molar-refractivity contribution in [2.45, 2.75) is 5.16 Å². The molecule has 1 saturated heterocycles. The molecule has 35 heavy (non-hydrogen) atoms. The topological polar surface area (TPSA) is 81.5 Å². The zero-order valence-corrected chi connectivity index (χ0v) is 19.9. The Hall–Kier alpha value is -3.82. The average molecular weight is 488 g/mol. The molecule has 0 unspecified atom stereocenters. The van der Waals surface area contributed by atoms with E-state index in [4.69, 9.17) is 9.47 Å². The zero-order chi connectivity index (χ0) is 23.9. The largest absolute Gasteiger partial charge is 0.457 e. The monoisotopic (exact) mass is 487 g/mol. The Morgan fingerprint density at radius 3 is 2.40 bits per heavy atom. The van der Waals surface area contributed by atoms with Crippen molar-refractivity contribution in [2.24, 2.45) is 0 Å². The molecule has 0 atom stereocenters. The van der Waals surface area contributed by atoms with Crippen LogP contribution in [0.2, 0.25) is 0 Å². The van der Waals surface area contributed by atoms with Gasteiger partial charge < -0.3 is 19.7 Å². The summed E-state index contributed by atoms with van der Waals surface area (Å²) in [6.07, 6.45) is 0. The molecule has 1 amide bonds. The number of nitrogens with one attached hydrogen (secondary N) is 1. The molecule has 0 saturated carbocycles. The Morgan fingerprint density at radius 2 is 1.63 bits per heavy atom. The van der Waals surface area contributed by atoms with Crippen LogP contribution in [0.25, 0.3) is 5.69 Å². The molecule has 2 heterocycles. The molecule has 5 rings (SSSR count). The number of hydrogen-bond donors (Lipinski definition) is 1. The van der Waals surface area contributed by atoms with Crippen LogP contribution in [-0.2, 0) is 9.53 Å². The van der Waals surface area contributed by atoms with E-state index in [1.54, 1.807) is 6.07 Å². The first kappa shape index (κ1) is 22.9. The summed E-state index contributed by atoms with van der Waals surface area (Å²) in [5, 5.41) is 12.4. The van der Waals surface area contributed by atoms with Gasteiger partial charge in [-0.15, -0.1) is 10.2 Å². The molecule has 9 heteroatoms. The number of hydrogen-bond acceptors (Lipinski definition) is 7. The summed E-state index contributed by atoms with van der Waals surface area (Å²) < 4.78 is 13.3. The summed E-state index contributed by atoms with van der Waals surface area (Å²) in [4.78, 5) is 14.9. The number of aromatic nitrogens is 3. The van der Waals surface area contributed by atoms with Gasteiger partial charge in [-0.1, -0.05) is 54.2 Å². The number of thioether (sulfide) groups is 1. The number of amides is 1. The fraction of sp³-hybridized carbons (Fsp3) is 0.192. The number of ether oxygens (including phenoxy) is 2. The Balaban J connectivity index is 1.27. The molecule has 1 aromatic heterocycles. The van der Waals surface area contributed by atoms with Gasteiger partial charge in [0.2, 0.25) is 11.9 Å². The van der Waals surface area contributed by atoms with Gasteiger partial charge in [0.05, 0.1) is 24.7 Å². The van der Waals surface area contributed by atoms with Gasteiger partial charge in [0.1, 0.15) is 11.5 Å². The highest BCUT2D eigenvalue weighted by Crippen LogP contribution is 2.28. The van der Waals surface area contributed by atoms with E-state index in [0.29, 0.717) is 29.8 Å². The van der Waals surface area contributed by atoms with Crippen molar-refractivity contribution < 1.29 is 14.3 Å². The van der Waals surface area contributed by atoms with Gasteiger partial charge in [-0.25, -0.2) is 0 Å². The predicted molar refractivity (Wildman–Crippen MR) is 137 cm³/mol. The van der Waals surface area contributed by atoms with Crippen LogP contribution >= 0.6 is 11.8 Å². The highest BCUT2D eigenvalue weighted by atomic mass is 32.2. The third-order valence-electron chi connectivity index (χ3n) is 5.35. The second-order valence-electron chi connectivity index (χ2n) is 7.83. The van der Waals surface area contributed by atoms with Crippen molar-refractivity contribution in [1.82, 2.24) is 14.8 Å². The van der Waals surface area contributed by atoms with Crippen molar-refractivity contribution in [3.63, 3.8) is 0 Å². The molecule has 1 aliphatic heterocycles. The highest BCUT2D eigenvalue weighted by Gasteiger charge is 2.22. The molecule has 0 aliphatic carbocycles. The number of morpholine rings is 1. The zero-order valence-electron chi connectivity index (χ0n) is 19.0. The van der Waals surface area contributed by atoms with Crippen LogP contribution < -0.4 is 15.0 Å². The smallest absolute Gasteiger partial charge is 0.234 e. The Bertz CT molecular complexity index is 1260. The summed E-state index contributed by atoms with van der Waals surface area (Å²) in [6, 6.07) is 26.8. The molecule has 0 bridgehead atoms. The molecule has 8 nitrogen and oxygen atoms in total. The minimum atomic E-state index is -0.137. The Kier molecular flexibility index (Phi) is 7.26. The van der Waals surface area contributed by atoms with Crippen LogP contribution in [0.3, 0.4) is 0 Å². The van der Waals surface area contributed by atoms with Gasteiger partial charge in [-0.05, 0) is 36.4 Å². The lowest BCUT2D eigenvalue weighted by Crippen LogP contribution is -2.37. The number of para-hydroxylation sites is 2. The second-order valence-corrected chi connectivity index (χ2v) is 8.78. The number of carbonyl (C=O) groups excluding carboxylic acids is 1. The normalized spacial score (nSPS) is 13.4. The Morgan fingerprint density at radius 1 is 0.914 bits per heavy atom. The number of benzene rings is 3. The SMILES string of the molecule is O=C(CSc1nnc(N2CCOCC2)n1-c1ccccc1)Nc1cccc(Oc2ccccc2)c1. The molecular weight excluding hydrogens is 462 g/mol. The number of carbonyl (C=O) groups is 1. The third-order valence-corrected chi connectivity index (χ3v) is 6.28. The van der Waals surface area contributed by atoms with E-state index < -0.39 is 0 Å². The summed E-state index contributed by atoms with van der Waals surface area (Å²) in [5.41, 5.74) is 1.62. The third kappa shape index (κ3) is 5.82. The maximum atomic E-state index is 12.8. The molecule has 1 fully saturated rings. The summed E-state index contributed by atoms with van der Waals surface area (Å²) in [5.74, 6) is 2.21. The van der Waals surface area contributed by atoms with Crippen LogP contribution in [0.5, 0.6) is 11.5 Å². The van der Waals surface area contributed by atoms with E-state index in [1.807, 2.05) is 83.4 Å². The van der Waals surface area contributed by atoms with Gasteiger partial charge in [0.25, 0.3) is 0 Å². The van der Waals surface area contributed by atoms with Gasteiger partial charge >= 0.3 is 0 Å². The lowest BCUT2D eigenvalue weighted by molar-refractivity contribution is -0.113. The van der Waals surface area contributed by atoms with Crippen molar-refractivity contribution >= 4 is 29.3 Å². The van der Waals surface area contributed by atoms with E-state index in [9.17, 15) is 4.79 Å². The Labute approximate surface area is 207 Å². The minimum absolute atomic E-state index is 0.137. The van der Waals surface area contributed by atoms with Crippen LogP contribution in [0.4, 0.5) is 11.6 Å².